The summed E-state index contributed by atoms with van der Waals surface area (Å²) in [6, 6.07) is 19.9. The third-order valence-corrected chi connectivity index (χ3v) is 7.94. The molecule has 0 spiro atoms. The lowest BCUT2D eigenvalue weighted by Crippen LogP contribution is -2.49. The van der Waals surface area contributed by atoms with Gasteiger partial charge in [0, 0.05) is 41.5 Å². The molecule has 0 aliphatic carbocycles. The Morgan fingerprint density at radius 3 is 2.66 bits per heavy atom. The molecule has 1 unspecified atom stereocenters. The Hall–Kier alpha value is -3.91. The van der Waals surface area contributed by atoms with Gasteiger partial charge in [0.1, 0.15) is 17.5 Å². The topological polar surface area (TPSA) is 94.7 Å². The number of phenolic OH excluding ortho intramolecular Hbond substituents is 1. The van der Waals surface area contributed by atoms with Crippen molar-refractivity contribution in [1.29, 1.82) is 0 Å². The number of nitrogens with zero attached hydrogens (tertiary/aromatic N) is 1. The third-order valence-electron chi connectivity index (χ3n) is 6.95. The summed E-state index contributed by atoms with van der Waals surface area (Å²) in [7, 11) is 3.32. The van der Waals surface area contributed by atoms with Gasteiger partial charge in [0.15, 0.2) is 0 Å². The average molecular weight is 530 g/mol. The number of benzene rings is 3. The number of anilines is 1. The van der Waals surface area contributed by atoms with Crippen LogP contribution in [-0.2, 0) is 34.6 Å². The molecule has 0 saturated heterocycles. The highest BCUT2D eigenvalue weighted by atomic mass is 32.2. The molecule has 3 N–H and O–H groups in total. The number of carbonyl (C=O) groups is 2. The number of phenols is 1. The average Bonchev–Trinajstić information content (AvgIpc) is 3.25. The maximum atomic E-state index is 13.7. The van der Waals surface area contributed by atoms with Gasteiger partial charge >= 0.3 is 0 Å². The molecule has 1 aliphatic heterocycles. The molecule has 2 heterocycles. The highest BCUT2D eigenvalue weighted by Gasteiger charge is 2.27. The van der Waals surface area contributed by atoms with Crippen molar-refractivity contribution in [3.8, 4) is 11.5 Å². The number of thioether (sulfide) groups is 1. The van der Waals surface area contributed by atoms with E-state index in [-0.39, 0.29) is 24.0 Å². The Morgan fingerprint density at radius 1 is 1.08 bits per heavy atom. The second-order valence-corrected chi connectivity index (χ2v) is 10.6. The van der Waals surface area contributed by atoms with Crippen molar-refractivity contribution in [2.45, 2.75) is 31.1 Å². The molecule has 7 nitrogen and oxygen atoms in total. The largest absolute Gasteiger partial charge is 0.508 e. The van der Waals surface area contributed by atoms with Crippen molar-refractivity contribution in [2.75, 3.05) is 24.8 Å². The third kappa shape index (κ3) is 5.65. The van der Waals surface area contributed by atoms with Gasteiger partial charge in [-0.25, -0.2) is 0 Å². The fraction of sp³-hybridized carbons (Fsp3) is 0.267. The molecule has 0 saturated carbocycles. The minimum Gasteiger partial charge on any atom is -0.508 e. The number of hydrogen-bond acceptors (Lipinski definition) is 5. The summed E-state index contributed by atoms with van der Waals surface area (Å²) in [5.41, 5.74) is 5.62. The molecule has 2 amide bonds. The first kappa shape index (κ1) is 25.7. The van der Waals surface area contributed by atoms with Crippen molar-refractivity contribution in [3.05, 3.63) is 89.1 Å². The first-order valence-corrected chi connectivity index (χ1v) is 13.8. The van der Waals surface area contributed by atoms with Gasteiger partial charge < -0.3 is 25.0 Å². The van der Waals surface area contributed by atoms with Crippen LogP contribution in [0, 0.1) is 0 Å². The Balaban J connectivity index is 1.48. The molecule has 2 bridgehead atoms. The normalized spacial score (nSPS) is 16.3. The van der Waals surface area contributed by atoms with E-state index >= 15 is 0 Å². The number of fused-ring (bicyclic) bond motifs is 5. The Labute approximate surface area is 226 Å². The molecule has 1 aliphatic rings. The van der Waals surface area contributed by atoms with Crippen molar-refractivity contribution in [3.63, 3.8) is 0 Å². The van der Waals surface area contributed by atoms with E-state index in [1.807, 2.05) is 42.1 Å². The Morgan fingerprint density at radius 2 is 1.87 bits per heavy atom. The maximum Gasteiger partial charge on any atom is 0.249 e. The molecular weight excluding hydrogens is 498 g/mol. The zero-order valence-electron chi connectivity index (χ0n) is 21.5. The van der Waals surface area contributed by atoms with E-state index in [1.54, 1.807) is 43.3 Å². The van der Waals surface area contributed by atoms with Crippen LogP contribution in [0.5, 0.6) is 11.5 Å². The fourth-order valence-electron chi connectivity index (χ4n) is 4.90. The molecular formula is C30H31N3O4S. The number of methoxy groups -OCH3 is 1. The molecule has 4 aromatic rings. The van der Waals surface area contributed by atoms with Crippen LogP contribution >= 0.6 is 11.8 Å². The van der Waals surface area contributed by atoms with Crippen LogP contribution in [0.4, 0.5) is 5.69 Å². The van der Waals surface area contributed by atoms with Gasteiger partial charge in [0.05, 0.1) is 13.5 Å². The first-order chi connectivity index (χ1) is 18.4. The number of H-pyrrole nitrogens is 1. The van der Waals surface area contributed by atoms with Gasteiger partial charge in [-0.05, 0) is 71.3 Å². The lowest BCUT2D eigenvalue weighted by atomic mass is 10.0. The summed E-state index contributed by atoms with van der Waals surface area (Å²) in [5, 5.41) is 14.0. The number of aryl methyl sites for hydroxylation is 1. The van der Waals surface area contributed by atoms with E-state index in [9.17, 15) is 14.7 Å². The van der Waals surface area contributed by atoms with Gasteiger partial charge in [-0.15, -0.1) is 0 Å². The van der Waals surface area contributed by atoms with Crippen molar-refractivity contribution < 1.29 is 19.4 Å². The van der Waals surface area contributed by atoms with Crippen LogP contribution in [0.3, 0.4) is 0 Å². The standard InChI is InChI=1S/C30H31N3O4S/c1-33(21-6-9-23(37-2)10-7-21)30(36)27-15-20-5-3-4-19(14-20)12-13-38-18-28-25(17-29(35)32-27)24-16-22(34)8-11-26(24)31-28/h3-11,14,16,27,31,34H,12-13,15,17-18H2,1-2H3,(H,32,35). The number of aromatic hydroxyl groups is 1. The van der Waals surface area contributed by atoms with Crippen LogP contribution in [0.1, 0.15) is 22.4 Å². The number of amides is 2. The van der Waals surface area contributed by atoms with Crippen LogP contribution in [0.2, 0.25) is 0 Å². The van der Waals surface area contributed by atoms with E-state index in [1.165, 1.54) is 5.56 Å². The van der Waals surface area contributed by atoms with Crippen LogP contribution in [-0.4, -0.2) is 47.9 Å². The molecule has 3 aromatic carbocycles. The van der Waals surface area contributed by atoms with Gasteiger partial charge in [-0.2, -0.15) is 11.8 Å². The smallest absolute Gasteiger partial charge is 0.249 e. The monoisotopic (exact) mass is 529 g/mol. The number of aromatic nitrogens is 1. The summed E-state index contributed by atoms with van der Waals surface area (Å²) in [5.74, 6) is 2.07. The number of hydrogen-bond donors (Lipinski definition) is 3. The minimum absolute atomic E-state index is 0.107. The summed E-state index contributed by atoms with van der Waals surface area (Å²) in [4.78, 5) is 32.2. The summed E-state index contributed by atoms with van der Waals surface area (Å²) >= 11 is 1.81. The number of aromatic amines is 1. The highest BCUT2D eigenvalue weighted by molar-refractivity contribution is 7.98. The number of nitrogens with one attached hydrogen (secondary N) is 2. The molecule has 8 heteroatoms. The molecule has 1 atom stereocenters. The molecule has 38 heavy (non-hydrogen) atoms. The van der Waals surface area contributed by atoms with E-state index in [0.717, 1.165) is 45.7 Å². The van der Waals surface area contributed by atoms with Gasteiger partial charge in [-0.1, -0.05) is 24.3 Å². The van der Waals surface area contributed by atoms with Gasteiger partial charge in [0.25, 0.3) is 0 Å². The molecule has 1 aromatic heterocycles. The summed E-state index contributed by atoms with van der Waals surface area (Å²) in [6.45, 7) is 0. The van der Waals surface area contributed by atoms with Crippen molar-refractivity contribution in [2.24, 2.45) is 0 Å². The lowest BCUT2D eigenvalue weighted by Gasteiger charge is -2.25. The highest BCUT2D eigenvalue weighted by Crippen LogP contribution is 2.29. The number of likely N-dealkylation sites (N-methyl/N-ethyl adjacent to an activating group) is 1. The van der Waals surface area contributed by atoms with Crippen LogP contribution in [0.25, 0.3) is 10.9 Å². The molecule has 5 rings (SSSR count). The SMILES string of the molecule is COc1ccc(N(C)C(=O)C2Cc3cccc(c3)CCSCc3[nH]c4ccc(O)cc4c3CC(=O)N2)cc1. The quantitative estimate of drug-likeness (QED) is 0.361. The van der Waals surface area contributed by atoms with E-state index < -0.39 is 6.04 Å². The number of rotatable bonds is 3. The Bertz CT molecular complexity index is 1460. The second-order valence-electron chi connectivity index (χ2n) is 9.53. The van der Waals surface area contributed by atoms with Gasteiger partial charge in [0.2, 0.25) is 11.8 Å². The van der Waals surface area contributed by atoms with Gasteiger partial charge in [-0.3, -0.25) is 9.59 Å². The predicted molar refractivity (Wildman–Crippen MR) is 152 cm³/mol. The lowest BCUT2D eigenvalue weighted by molar-refractivity contribution is -0.127. The summed E-state index contributed by atoms with van der Waals surface area (Å²) < 4.78 is 5.24. The number of carbonyl (C=O) groups excluding carboxylic acids is 2. The zero-order chi connectivity index (χ0) is 26.6. The molecule has 0 fully saturated rings. The van der Waals surface area contributed by atoms with E-state index in [4.69, 9.17) is 4.74 Å². The number of ether oxygens (including phenoxy) is 1. The Kier molecular flexibility index (Phi) is 7.60. The fourth-order valence-corrected chi connectivity index (χ4v) is 5.88. The maximum absolute atomic E-state index is 13.7. The molecule has 0 radical (unpaired) electrons. The van der Waals surface area contributed by atoms with Crippen molar-refractivity contribution >= 4 is 40.2 Å². The first-order valence-electron chi connectivity index (χ1n) is 12.6. The predicted octanol–water partition coefficient (Wildman–Crippen LogP) is 4.60. The molecule has 196 valence electrons. The van der Waals surface area contributed by atoms with Crippen molar-refractivity contribution in [1.82, 2.24) is 10.3 Å². The minimum atomic E-state index is -0.746. The van der Waals surface area contributed by atoms with E-state index in [0.29, 0.717) is 17.9 Å². The van der Waals surface area contributed by atoms with Crippen LogP contribution < -0.4 is 15.0 Å². The van der Waals surface area contributed by atoms with Crippen LogP contribution in [0.15, 0.2) is 66.7 Å². The second kappa shape index (κ2) is 11.2. The zero-order valence-corrected chi connectivity index (χ0v) is 22.3. The van der Waals surface area contributed by atoms with E-state index in [2.05, 4.69) is 22.4 Å². The summed E-state index contributed by atoms with van der Waals surface area (Å²) in [6.07, 6.45) is 1.40.